The topological polar surface area (TPSA) is 35.2 Å². The number of hydrogen-bond donors (Lipinski definition) is 1. The zero-order chi connectivity index (χ0) is 11.5. The number of ether oxygens (including phenoxy) is 1. The Balaban J connectivity index is 2.60. The third-order valence-corrected chi connectivity index (χ3v) is 2.37. The number of para-hydroxylation sites is 1. The van der Waals surface area contributed by atoms with Gasteiger partial charge in [0.25, 0.3) is 0 Å². The van der Waals surface area contributed by atoms with Crippen LogP contribution >= 0.6 is 0 Å². The monoisotopic (exact) mass is 217 g/mol. The summed E-state index contributed by atoms with van der Waals surface area (Å²) in [5, 5.41) is 0. The summed E-state index contributed by atoms with van der Waals surface area (Å²) in [6.07, 6.45) is 0. The van der Waals surface area contributed by atoms with Crippen molar-refractivity contribution in [3.05, 3.63) is 48.3 Å². The summed E-state index contributed by atoms with van der Waals surface area (Å²) in [6, 6.07) is 12.1. The average Bonchev–Trinajstić information content (AvgIpc) is 2.28. The van der Waals surface area contributed by atoms with E-state index in [9.17, 15) is 4.39 Å². The number of methoxy groups -OCH3 is 1. The lowest BCUT2D eigenvalue weighted by Crippen LogP contribution is -1.92. The van der Waals surface area contributed by atoms with E-state index in [2.05, 4.69) is 0 Å². The maximum absolute atomic E-state index is 13.5. The molecule has 0 radical (unpaired) electrons. The first-order valence-electron chi connectivity index (χ1n) is 4.91. The van der Waals surface area contributed by atoms with Crippen LogP contribution in [0.15, 0.2) is 42.5 Å². The molecule has 0 fully saturated rings. The molecule has 2 N–H and O–H groups in total. The molecule has 0 atom stereocenters. The summed E-state index contributed by atoms with van der Waals surface area (Å²) in [6.45, 7) is 0. The van der Waals surface area contributed by atoms with E-state index < -0.39 is 0 Å². The summed E-state index contributed by atoms with van der Waals surface area (Å²) in [4.78, 5) is 0. The van der Waals surface area contributed by atoms with Crippen LogP contribution in [0.1, 0.15) is 0 Å². The van der Waals surface area contributed by atoms with Gasteiger partial charge < -0.3 is 10.5 Å². The number of anilines is 1. The molecular formula is C13H12FNO. The third kappa shape index (κ3) is 1.84. The fourth-order valence-electron chi connectivity index (χ4n) is 1.65. The van der Waals surface area contributed by atoms with E-state index in [0.29, 0.717) is 11.3 Å². The van der Waals surface area contributed by atoms with Crippen molar-refractivity contribution in [3.63, 3.8) is 0 Å². The first-order valence-corrected chi connectivity index (χ1v) is 4.91. The zero-order valence-corrected chi connectivity index (χ0v) is 8.91. The van der Waals surface area contributed by atoms with E-state index in [1.54, 1.807) is 24.3 Å². The van der Waals surface area contributed by atoms with Gasteiger partial charge in [-0.1, -0.05) is 24.3 Å². The van der Waals surface area contributed by atoms with Gasteiger partial charge in [0.15, 0.2) is 11.6 Å². The minimum Gasteiger partial charge on any atom is -0.493 e. The minimum atomic E-state index is -0.373. The summed E-state index contributed by atoms with van der Waals surface area (Å²) in [7, 11) is 1.45. The molecule has 0 unspecified atom stereocenters. The molecule has 2 nitrogen and oxygen atoms in total. The second-order valence-corrected chi connectivity index (χ2v) is 3.45. The van der Waals surface area contributed by atoms with E-state index in [1.165, 1.54) is 13.2 Å². The predicted octanol–water partition coefficient (Wildman–Crippen LogP) is 3.08. The normalized spacial score (nSPS) is 10.1. The van der Waals surface area contributed by atoms with Crippen LogP contribution in [0, 0.1) is 5.82 Å². The molecule has 3 heteroatoms. The fourth-order valence-corrected chi connectivity index (χ4v) is 1.65. The number of halogens is 1. The molecule has 2 aromatic rings. The van der Waals surface area contributed by atoms with Crippen LogP contribution in [0.25, 0.3) is 11.1 Å². The van der Waals surface area contributed by atoms with Crippen LogP contribution in [0.3, 0.4) is 0 Å². The van der Waals surface area contributed by atoms with E-state index in [-0.39, 0.29) is 11.6 Å². The van der Waals surface area contributed by atoms with Crippen molar-refractivity contribution in [2.75, 3.05) is 12.8 Å². The number of nitrogen functional groups attached to an aromatic ring is 1. The van der Waals surface area contributed by atoms with Crippen molar-refractivity contribution in [3.8, 4) is 16.9 Å². The van der Waals surface area contributed by atoms with Gasteiger partial charge in [0.1, 0.15) is 0 Å². The highest BCUT2D eigenvalue weighted by molar-refractivity contribution is 5.73. The van der Waals surface area contributed by atoms with E-state index in [0.717, 1.165) is 5.56 Å². The lowest BCUT2D eigenvalue weighted by molar-refractivity contribution is 0.388. The van der Waals surface area contributed by atoms with Gasteiger partial charge in [-0.3, -0.25) is 0 Å². The molecule has 0 saturated carbocycles. The van der Waals surface area contributed by atoms with Crippen molar-refractivity contribution in [1.29, 1.82) is 0 Å². The van der Waals surface area contributed by atoms with Gasteiger partial charge in [0.05, 0.1) is 7.11 Å². The third-order valence-electron chi connectivity index (χ3n) is 2.37. The van der Waals surface area contributed by atoms with Gasteiger partial charge in [0.2, 0.25) is 0 Å². The molecular weight excluding hydrogens is 205 g/mol. The highest BCUT2D eigenvalue weighted by Crippen LogP contribution is 2.32. The van der Waals surface area contributed by atoms with Crippen molar-refractivity contribution >= 4 is 5.69 Å². The highest BCUT2D eigenvalue weighted by atomic mass is 19.1. The lowest BCUT2D eigenvalue weighted by Gasteiger charge is -2.09. The molecule has 0 spiro atoms. The van der Waals surface area contributed by atoms with Gasteiger partial charge >= 0.3 is 0 Å². The van der Waals surface area contributed by atoms with Crippen LogP contribution in [-0.2, 0) is 0 Å². The zero-order valence-electron chi connectivity index (χ0n) is 8.91. The van der Waals surface area contributed by atoms with Crippen LogP contribution in [0.4, 0.5) is 10.1 Å². The Morgan fingerprint density at radius 2 is 1.88 bits per heavy atom. The van der Waals surface area contributed by atoms with Crippen LogP contribution in [0.2, 0.25) is 0 Å². The molecule has 0 amide bonds. The van der Waals surface area contributed by atoms with Gasteiger partial charge in [0, 0.05) is 11.3 Å². The Bertz CT molecular complexity index is 511. The van der Waals surface area contributed by atoms with E-state index in [4.69, 9.17) is 10.5 Å². The number of benzene rings is 2. The Morgan fingerprint density at radius 3 is 2.56 bits per heavy atom. The number of rotatable bonds is 2. The molecule has 0 aliphatic heterocycles. The maximum atomic E-state index is 13.5. The molecule has 2 rings (SSSR count). The predicted molar refractivity (Wildman–Crippen MR) is 62.8 cm³/mol. The first kappa shape index (κ1) is 10.5. The molecule has 0 aliphatic rings. The molecule has 0 saturated heterocycles. The number of hydrogen-bond acceptors (Lipinski definition) is 2. The lowest BCUT2D eigenvalue weighted by atomic mass is 10.0. The minimum absolute atomic E-state index is 0.244. The SMILES string of the molecule is COc1c(F)cccc1-c1cccc(N)c1. The Labute approximate surface area is 93.5 Å². The molecule has 0 bridgehead atoms. The fraction of sp³-hybridized carbons (Fsp3) is 0.0769. The molecule has 82 valence electrons. The Hall–Kier alpha value is -2.03. The van der Waals surface area contributed by atoms with Crippen molar-refractivity contribution < 1.29 is 9.13 Å². The van der Waals surface area contributed by atoms with Gasteiger partial charge in [-0.2, -0.15) is 0 Å². The van der Waals surface area contributed by atoms with Gasteiger partial charge in [-0.15, -0.1) is 0 Å². The Morgan fingerprint density at radius 1 is 1.12 bits per heavy atom. The second kappa shape index (κ2) is 4.23. The summed E-state index contributed by atoms with van der Waals surface area (Å²) in [5.41, 5.74) is 7.88. The van der Waals surface area contributed by atoms with E-state index >= 15 is 0 Å². The molecule has 0 aliphatic carbocycles. The van der Waals surface area contributed by atoms with E-state index in [1.807, 2.05) is 12.1 Å². The number of nitrogens with two attached hydrogens (primary N) is 1. The van der Waals surface area contributed by atoms with Crippen LogP contribution < -0.4 is 10.5 Å². The Kier molecular flexibility index (Phi) is 2.77. The average molecular weight is 217 g/mol. The largest absolute Gasteiger partial charge is 0.493 e. The van der Waals surface area contributed by atoms with Crippen LogP contribution in [0.5, 0.6) is 5.75 Å². The summed E-state index contributed by atoms with van der Waals surface area (Å²) >= 11 is 0. The van der Waals surface area contributed by atoms with Crippen LogP contribution in [-0.4, -0.2) is 7.11 Å². The van der Waals surface area contributed by atoms with Crippen molar-refractivity contribution in [2.24, 2.45) is 0 Å². The summed E-state index contributed by atoms with van der Waals surface area (Å²) < 4.78 is 18.5. The quantitative estimate of drug-likeness (QED) is 0.784. The second-order valence-electron chi connectivity index (χ2n) is 3.45. The first-order chi connectivity index (χ1) is 7.72. The highest BCUT2D eigenvalue weighted by Gasteiger charge is 2.10. The summed E-state index contributed by atoms with van der Waals surface area (Å²) in [5.74, 6) is -0.129. The van der Waals surface area contributed by atoms with Crippen molar-refractivity contribution in [1.82, 2.24) is 0 Å². The molecule has 2 aromatic carbocycles. The molecule has 0 heterocycles. The van der Waals surface area contributed by atoms with Crippen molar-refractivity contribution in [2.45, 2.75) is 0 Å². The smallest absolute Gasteiger partial charge is 0.165 e. The molecule has 0 aromatic heterocycles. The van der Waals surface area contributed by atoms with Gasteiger partial charge in [-0.25, -0.2) is 4.39 Å². The standard InChI is InChI=1S/C13H12FNO/c1-16-13-11(6-3-7-12(13)14)9-4-2-5-10(15)8-9/h2-8H,15H2,1H3. The maximum Gasteiger partial charge on any atom is 0.165 e. The molecule has 16 heavy (non-hydrogen) atoms. The van der Waals surface area contributed by atoms with Gasteiger partial charge in [-0.05, 0) is 23.8 Å².